The molecule has 294 valence electrons. The molecule has 4 aliphatic heterocycles. The molecule has 3 saturated heterocycles. The van der Waals surface area contributed by atoms with Crippen LogP contribution in [-0.2, 0) is 47.4 Å². The van der Waals surface area contributed by atoms with Crippen molar-refractivity contribution < 1.29 is 50.9 Å². The Hall–Kier alpha value is -3.96. The average molecular weight is 771 g/mol. The Morgan fingerprint density at radius 3 is 2.56 bits per heavy atom. The summed E-state index contributed by atoms with van der Waals surface area (Å²) in [5.41, 5.74) is -0.527. The van der Waals surface area contributed by atoms with Crippen molar-refractivity contribution in [2.75, 3.05) is 33.1 Å². The molecule has 5 atom stereocenters. The summed E-state index contributed by atoms with van der Waals surface area (Å²) in [7, 11) is -4.03. The fraction of sp³-hybridized carbons (Fsp3) is 0.605. The minimum atomic E-state index is -4.03. The quantitative estimate of drug-likeness (QED) is 0.235. The van der Waals surface area contributed by atoms with E-state index in [1.807, 2.05) is 58.9 Å². The molecule has 0 saturated carbocycles. The van der Waals surface area contributed by atoms with Crippen molar-refractivity contribution in [1.82, 2.24) is 19.3 Å². The molecule has 0 N–H and O–H groups in total. The van der Waals surface area contributed by atoms with Crippen molar-refractivity contribution in [2.24, 2.45) is 11.8 Å². The minimum Gasteiger partial charge on any atom is -0.485 e. The molecule has 15 nitrogen and oxygen atoms in total. The molecule has 3 aromatic rings. The second-order valence-corrected chi connectivity index (χ2v) is 18.1. The van der Waals surface area contributed by atoms with Crippen LogP contribution in [0.3, 0.4) is 0 Å². The van der Waals surface area contributed by atoms with E-state index in [1.54, 1.807) is 24.8 Å². The number of carbonyl (C=O) groups is 1. The zero-order valence-electron chi connectivity index (χ0n) is 31.9. The maximum atomic E-state index is 14.3. The molecule has 1 aromatic heterocycles. The Bertz CT molecular complexity index is 1910. The predicted octanol–water partition coefficient (Wildman–Crippen LogP) is 5.27. The maximum absolute atomic E-state index is 14.3. The number of ether oxygens (including phenoxy) is 7. The van der Waals surface area contributed by atoms with Crippen molar-refractivity contribution in [3.05, 3.63) is 59.7 Å². The van der Waals surface area contributed by atoms with E-state index in [9.17, 15) is 13.2 Å². The number of rotatable bonds is 12. The SMILES string of the molecule is CC(C)CN(CC1OC(C)(C)N(C(=O)OC2COC3OCCC23)C1Cc1ccc(OCc2noc(C(C)(C)C)n2)cc1)S(=O)(=O)c1ccc2c(c1)OCO2. The molecule has 0 aliphatic carbocycles. The van der Waals surface area contributed by atoms with Crippen molar-refractivity contribution in [1.29, 1.82) is 0 Å². The summed E-state index contributed by atoms with van der Waals surface area (Å²) in [6.45, 7) is 14.6. The normalized spacial score (nSPS) is 24.8. The van der Waals surface area contributed by atoms with E-state index in [4.69, 9.17) is 37.7 Å². The van der Waals surface area contributed by atoms with Gasteiger partial charge < -0.3 is 37.7 Å². The fourth-order valence-electron chi connectivity index (χ4n) is 7.34. The van der Waals surface area contributed by atoms with Crippen LogP contribution in [0.4, 0.5) is 4.79 Å². The molecule has 5 unspecified atom stereocenters. The smallest absolute Gasteiger partial charge is 0.412 e. The molecule has 16 heteroatoms. The molecule has 0 spiro atoms. The molecule has 54 heavy (non-hydrogen) atoms. The Morgan fingerprint density at radius 2 is 1.83 bits per heavy atom. The van der Waals surface area contributed by atoms with E-state index in [1.165, 1.54) is 16.4 Å². The molecule has 0 bridgehead atoms. The first kappa shape index (κ1) is 38.3. The molecular weight excluding hydrogens is 721 g/mol. The van der Waals surface area contributed by atoms with Crippen LogP contribution in [0, 0.1) is 11.8 Å². The third-order valence-electron chi connectivity index (χ3n) is 9.99. The van der Waals surface area contributed by atoms with Gasteiger partial charge in [0.25, 0.3) is 0 Å². The topological polar surface area (TPSA) is 161 Å². The van der Waals surface area contributed by atoms with Crippen LogP contribution >= 0.6 is 0 Å². The molecule has 3 fully saturated rings. The van der Waals surface area contributed by atoms with Gasteiger partial charge in [-0.25, -0.2) is 13.2 Å². The van der Waals surface area contributed by atoms with Crippen LogP contribution in [-0.4, -0.2) is 97.2 Å². The van der Waals surface area contributed by atoms with Gasteiger partial charge in [-0.15, -0.1) is 0 Å². The summed E-state index contributed by atoms with van der Waals surface area (Å²) < 4.78 is 76.5. The van der Waals surface area contributed by atoms with Gasteiger partial charge in [0.1, 0.15) is 17.6 Å². The Morgan fingerprint density at radius 1 is 1.07 bits per heavy atom. The zero-order chi connectivity index (χ0) is 38.4. The van der Waals surface area contributed by atoms with E-state index in [2.05, 4.69) is 10.1 Å². The van der Waals surface area contributed by atoms with Gasteiger partial charge in [-0.05, 0) is 62.4 Å². The van der Waals surface area contributed by atoms with Gasteiger partial charge in [0.05, 0.1) is 36.2 Å². The highest BCUT2D eigenvalue weighted by Gasteiger charge is 2.53. The maximum Gasteiger partial charge on any atom is 0.412 e. The van der Waals surface area contributed by atoms with Gasteiger partial charge in [0.15, 0.2) is 24.4 Å². The molecule has 1 amide bonds. The lowest BCUT2D eigenvalue weighted by Crippen LogP contribution is -2.51. The molecule has 7 rings (SSSR count). The number of amides is 1. The zero-order valence-corrected chi connectivity index (χ0v) is 32.7. The third-order valence-corrected chi connectivity index (χ3v) is 11.8. The van der Waals surface area contributed by atoms with E-state index in [0.29, 0.717) is 42.0 Å². The lowest BCUT2D eigenvalue weighted by Gasteiger charge is -2.34. The summed E-state index contributed by atoms with van der Waals surface area (Å²) >= 11 is 0. The number of carbonyl (C=O) groups excluding carboxylic acids is 1. The van der Waals surface area contributed by atoms with Gasteiger partial charge in [-0.2, -0.15) is 9.29 Å². The highest BCUT2D eigenvalue weighted by Crippen LogP contribution is 2.40. The first-order chi connectivity index (χ1) is 25.6. The first-order valence-corrected chi connectivity index (χ1v) is 19.9. The van der Waals surface area contributed by atoms with Crippen LogP contribution < -0.4 is 14.2 Å². The second kappa shape index (κ2) is 14.9. The van der Waals surface area contributed by atoms with Gasteiger partial charge in [-0.3, -0.25) is 4.90 Å². The van der Waals surface area contributed by atoms with E-state index >= 15 is 0 Å². The molecule has 4 aliphatic rings. The van der Waals surface area contributed by atoms with Crippen LogP contribution in [0.2, 0.25) is 0 Å². The fourth-order valence-corrected chi connectivity index (χ4v) is 8.97. The number of fused-ring (bicyclic) bond motifs is 2. The Labute approximate surface area is 316 Å². The third kappa shape index (κ3) is 8.03. The standard InChI is InChI=1S/C38H50N4O11S/c1-23(2)18-41(54(44,45)26-12-13-29-30(17-26)50-22-49-29)19-31-28(42(38(6,7)52-31)36(43)51-32-20-48-34-27(32)14-15-46-34)16-24-8-10-25(11-9-24)47-21-33-39-35(53-40-33)37(3,4)5/h8-13,17,23,27-28,31-32,34H,14-16,18-22H2,1-7H3. The number of nitrogens with zero attached hydrogens (tertiary/aromatic N) is 4. The summed E-state index contributed by atoms with van der Waals surface area (Å²) in [6.07, 6.45) is -1.06. The lowest BCUT2D eigenvalue weighted by atomic mass is 9.97. The van der Waals surface area contributed by atoms with E-state index < -0.39 is 40.1 Å². The summed E-state index contributed by atoms with van der Waals surface area (Å²) in [5, 5.41) is 4.03. The van der Waals surface area contributed by atoms with E-state index in [0.717, 1.165) is 12.0 Å². The highest BCUT2D eigenvalue weighted by atomic mass is 32.2. The highest BCUT2D eigenvalue weighted by molar-refractivity contribution is 7.89. The first-order valence-electron chi connectivity index (χ1n) is 18.4. The van der Waals surface area contributed by atoms with Gasteiger partial charge in [-0.1, -0.05) is 51.9 Å². The minimum absolute atomic E-state index is 0.00768. The lowest BCUT2D eigenvalue weighted by molar-refractivity contribution is -0.0911. The van der Waals surface area contributed by atoms with Gasteiger partial charge in [0.2, 0.25) is 28.5 Å². The number of benzene rings is 2. The molecule has 2 aromatic carbocycles. The van der Waals surface area contributed by atoms with Crippen LogP contribution in [0.5, 0.6) is 17.2 Å². The predicted molar refractivity (Wildman–Crippen MR) is 192 cm³/mol. The average Bonchev–Trinajstić information content (AvgIpc) is 3.94. The van der Waals surface area contributed by atoms with Crippen LogP contribution in [0.15, 0.2) is 51.9 Å². The van der Waals surface area contributed by atoms with Crippen LogP contribution in [0.25, 0.3) is 0 Å². The number of sulfonamides is 1. The summed E-state index contributed by atoms with van der Waals surface area (Å²) in [4.78, 5) is 20.3. The summed E-state index contributed by atoms with van der Waals surface area (Å²) in [5.74, 6) is 2.37. The molecule has 5 heterocycles. The largest absolute Gasteiger partial charge is 0.485 e. The van der Waals surface area contributed by atoms with Crippen molar-refractivity contribution in [3.8, 4) is 17.2 Å². The van der Waals surface area contributed by atoms with Gasteiger partial charge >= 0.3 is 6.09 Å². The van der Waals surface area contributed by atoms with E-state index in [-0.39, 0.29) is 61.5 Å². The van der Waals surface area contributed by atoms with Crippen molar-refractivity contribution in [2.45, 2.75) is 108 Å². The van der Waals surface area contributed by atoms with Crippen molar-refractivity contribution >= 4 is 16.1 Å². The summed E-state index contributed by atoms with van der Waals surface area (Å²) in [6, 6.07) is 11.5. The number of aromatic nitrogens is 2. The molecule has 0 radical (unpaired) electrons. The van der Waals surface area contributed by atoms with Crippen molar-refractivity contribution in [3.63, 3.8) is 0 Å². The Kier molecular flexibility index (Phi) is 10.6. The number of hydrogen-bond acceptors (Lipinski definition) is 13. The Balaban J connectivity index is 1.14. The van der Waals surface area contributed by atoms with Crippen LogP contribution in [0.1, 0.15) is 72.2 Å². The van der Waals surface area contributed by atoms with Gasteiger partial charge in [0, 0.05) is 24.6 Å². The number of hydrogen-bond donors (Lipinski definition) is 0. The monoisotopic (exact) mass is 770 g/mol. The molecular formula is C38H50N4O11S. The second-order valence-electron chi connectivity index (χ2n) is 16.1.